The second kappa shape index (κ2) is 6.11. The van der Waals surface area contributed by atoms with Crippen molar-refractivity contribution >= 4 is 11.8 Å². The van der Waals surface area contributed by atoms with Crippen molar-refractivity contribution in [2.45, 2.75) is 68.9 Å². The molecule has 4 nitrogen and oxygen atoms in total. The average Bonchev–Trinajstić information content (AvgIpc) is 2.70. The normalized spacial score (nSPS) is 25.9. The Hall–Kier alpha value is -1.12. The van der Waals surface area contributed by atoms with Gasteiger partial charge in [0.25, 0.3) is 0 Å². The number of hydrogen-bond acceptors (Lipinski definition) is 5. The molecule has 2 unspecified atom stereocenters. The van der Waals surface area contributed by atoms with Crippen LogP contribution in [0.5, 0.6) is 0 Å². The van der Waals surface area contributed by atoms with Gasteiger partial charge >= 0.3 is 0 Å². The molecule has 1 aliphatic carbocycles. The highest BCUT2D eigenvalue weighted by molar-refractivity contribution is 7.99. The van der Waals surface area contributed by atoms with E-state index in [1.165, 1.54) is 0 Å². The van der Waals surface area contributed by atoms with E-state index in [4.69, 9.17) is 0 Å². The standard InChI is InChI=1S/C15H22N4S/c1-10(2)19-15(9-16)6-5-13(8-15)20-14-17-11(3)7-12(4)18-14/h7,10,13,19H,5-6,8H2,1-4H3. The van der Waals surface area contributed by atoms with Gasteiger partial charge in [-0.3, -0.25) is 5.32 Å². The molecule has 0 aromatic carbocycles. The number of nitrogens with zero attached hydrogens (tertiary/aromatic N) is 3. The minimum atomic E-state index is -0.370. The third-order valence-corrected chi connectivity index (χ3v) is 4.61. The van der Waals surface area contributed by atoms with Crippen LogP contribution in [0.15, 0.2) is 11.2 Å². The molecule has 1 aromatic rings. The van der Waals surface area contributed by atoms with Crippen molar-refractivity contribution in [3.63, 3.8) is 0 Å². The SMILES string of the molecule is Cc1cc(C)nc(SC2CCC(C#N)(NC(C)C)C2)n1. The molecule has 5 heteroatoms. The van der Waals surface area contributed by atoms with Gasteiger partial charge < -0.3 is 0 Å². The number of aromatic nitrogens is 2. The van der Waals surface area contributed by atoms with Gasteiger partial charge in [-0.1, -0.05) is 11.8 Å². The van der Waals surface area contributed by atoms with Crippen molar-refractivity contribution in [2.24, 2.45) is 0 Å². The lowest BCUT2D eigenvalue weighted by molar-refractivity contribution is 0.386. The van der Waals surface area contributed by atoms with Crippen molar-refractivity contribution in [1.82, 2.24) is 15.3 Å². The van der Waals surface area contributed by atoms with E-state index in [0.717, 1.165) is 35.8 Å². The van der Waals surface area contributed by atoms with Crippen molar-refractivity contribution in [2.75, 3.05) is 0 Å². The molecule has 0 aliphatic heterocycles. The molecule has 0 amide bonds. The molecule has 2 atom stereocenters. The monoisotopic (exact) mass is 290 g/mol. The summed E-state index contributed by atoms with van der Waals surface area (Å²) in [5.41, 5.74) is 1.64. The Morgan fingerprint density at radius 1 is 1.40 bits per heavy atom. The first-order chi connectivity index (χ1) is 9.42. The van der Waals surface area contributed by atoms with Crippen LogP contribution in [0.2, 0.25) is 0 Å². The molecule has 1 saturated carbocycles. The molecule has 1 aromatic heterocycles. The van der Waals surface area contributed by atoms with E-state index in [1.54, 1.807) is 11.8 Å². The van der Waals surface area contributed by atoms with E-state index in [0.29, 0.717) is 11.3 Å². The van der Waals surface area contributed by atoms with Gasteiger partial charge in [-0.2, -0.15) is 5.26 Å². The van der Waals surface area contributed by atoms with E-state index in [-0.39, 0.29) is 5.54 Å². The van der Waals surface area contributed by atoms with Crippen molar-refractivity contribution in [3.8, 4) is 6.07 Å². The summed E-state index contributed by atoms with van der Waals surface area (Å²) in [7, 11) is 0. The van der Waals surface area contributed by atoms with Gasteiger partial charge in [-0.15, -0.1) is 0 Å². The molecule has 0 radical (unpaired) electrons. The van der Waals surface area contributed by atoms with Gasteiger partial charge in [0.05, 0.1) is 6.07 Å². The van der Waals surface area contributed by atoms with Crippen LogP contribution in [-0.2, 0) is 0 Å². The van der Waals surface area contributed by atoms with Crippen LogP contribution in [0.4, 0.5) is 0 Å². The summed E-state index contributed by atoms with van der Waals surface area (Å²) in [6, 6.07) is 4.80. The maximum atomic E-state index is 9.48. The highest BCUT2D eigenvalue weighted by Crippen LogP contribution is 2.39. The molecule has 1 aliphatic rings. The molecule has 2 rings (SSSR count). The van der Waals surface area contributed by atoms with Crippen molar-refractivity contribution in [3.05, 3.63) is 17.5 Å². The van der Waals surface area contributed by atoms with Crippen molar-refractivity contribution in [1.29, 1.82) is 5.26 Å². The smallest absolute Gasteiger partial charge is 0.188 e. The zero-order chi connectivity index (χ0) is 14.8. The largest absolute Gasteiger partial charge is 0.297 e. The molecule has 0 saturated heterocycles. The number of thioether (sulfide) groups is 1. The van der Waals surface area contributed by atoms with Gasteiger partial charge in [0.1, 0.15) is 5.54 Å². The highest BCUT2D eigenvalue weighted by Gasteiger charge is 2.40. The Kier molecular flexibility index (Phi) is 4.66. The predicted molar refractivity (Wildman–Crippen MR) is 81.6 cm³/mol. The average molecular weight is 290 g/mol. The quantitative estimate of drug-likeness (QED) is 0.864. The summed E-state index contributed by atoms with van der Waals surface area (Å²) in [5, 5.41) is 14.2. The van der Waals surface area contributed by atoms with E-state index in [2.05, 4.69) is 35.2 Å². The summed E-state index contributed by atoms with van der Waals surface area (Å²) in [6.07, 6.45) is 2.81. The summed E-state index contributed by atoms with van der Waals surface area (Å²) >= 11 is 1.71. The lowest BCUT2D eigenvalue weighted by atomic mass is 9.99. The molecule has 1 heterocycles. The molecule has 108 valence electrons. The Bertz CT molecular complexity index is 503. The molecule has 0 spiro atoms. The van der Waals surface area contributed by atoms with E-state index in [1.807, 2.05) is 19.9 Å². The van der Waals surface area contributed by atoms with Crippen LogP contribution in [0, 0.1) is 25.2 Å². The van der Waals surface area contributed by atoms with Gasteiger partial charge in [0.15, 0.2) is 5.16 Å². The zero-order valence-electron chi connectivity index (χ0n) is 12.6. The second-order valence-electron chi connectivity index (χ2n) is 5.91. The molecule has 0 bridgehead atoms. The Morgan fingerprint density at radius 3 is 2.60 bits per heavy atom. The van der Waals surface area contributed by atoms with Crippen LogP contribution in [0.1, 0.15) is 44.5 Å². The maximum Gasteiger partial charge on any atom is 0.188 e. The number of nitriles is 1. The minimum Gasteiger partial charge on any atom is -0.297 e. The summed E-state index contributed by atoms with van der Waals surface area (Å²) in [6.45, 7) is 8.17. The lowest BCUT2D eigenvalue weighted by Gasteiger charge is -2.25. The predicted octanol–water partition coefficient (Wildman–Crippen LogP) is 3.00. The molecule has 20 heavy (non-hydrogen) atoms. The summed E-state index contributed by atoms with van der Waals surface area (Å²) in [4.78, 5) is 8.96. The molecular weight excluding hydrogens is 268 g/mol. The Morgan fingerprint density at radius 2 is 2.05 bits per heavy atom. The van der Waals surface area contributed by atoms with Gasteiger partial charge in [0, 0.05) is 22.7 Å². The van der Waals surface area contributed by atoms with E-state index in [9.17, 15) is 5.26 Å². The van der Waals surface area contributed by atoms with Crippen LogP contribution >= 0.6 is 11.8 Å². The fraction of sp³-hybridized carbons (Fsp3) is 0.667. The van der Waals surface area contributed by atoms with E-state index < -0.39 is 0 Å². The summed E-state index contributed by atoms with van der Waals surface area (Å²) < 4.78 is 0. The third kappa shape index (κ3) is 3.71. The van der Waals surface area contributed by atoms with Gasteiger partial charge in [-0.25, -0.2) is 9.97 Å². The number of rotatable bonds is 4. The first-order valence-electron chi connectivity index (χ1n) is 7.10. The van der Waals surface area contributed by atoms with Crippen LogP contribution < -0.4 is 5.32 Å². The Balaban J connectivity index is 2.04. The summed E-state index contributed by atoms with van der Waals surface area (Å²) in [5.74, 6) is 0. The molecule has 1 N–H and O–H groups in total. The first kappa shape index (κ1) is 15.3. The third-order valence-electron chi connectivity index (χ3n) is 3.48. The fourth-order valence-electron chi connectivity index (χ4n) is 2.81. The first-order valence-corrected chi connectivity index (χ1v) is 7.98. The van der Waals surface area contributed by atoms with Gasteiger partial charge in [-0.05, 0) is 53.0 Å². The minimum absolute atomic E-state index is 0.330. The van der Waals surface area contributed by atoms with Crippen LogP contribution in [0.25, 0.3) is 0 Å². The highest BCUT2D eigenvalue weighted by atomic mass is 32.2. The number of hydrogen-bond donors (Lipinski definition) is 1. The van der Waals surface area contributed by atoms with Crippen molar-refractivity contribution < 1.29 is 0 Å². The second-order valence-corrected chi connectivity index (χ2v) is 7.18. The van der Waals surface area contributed by atoms with E-state index >= 15 is 0 Å². The molecule has 1 fully saturated rings. The zero-order valence-corrected chi connectivity index (χ0v) is 13.4. The lowest BCUT2D eigenvalue weighted by Crippen LogP contribution is -2.45. The van der Waals surface area contributed by atoms with Gasteiger partial charge in [0.2, 0.25) is 0 Å². The van der Waals surface area contributed by atoms with Crippen LogP contribution in [-0.4, -0.2) is 26.8 Å². The van der Waals surface area contributed by atoms with Crippen LogP contribution in [0.3, 0.4) is 0 Å². The maximum absolute atomic E-state index is 9.48. The molecular formula is C15H22N4S. The Labute approximate surface area is 125 Å². The topological polar surface area (TPSA) is 61.6 Å². The fourth-order valence-corrected chi connectivity index (χ4v) is 4.11. The number of nitrogens with one attached hydrogen (secondary N) is 1. The number of aryl methyl sites for hydroxylation is 2.